The molecular formula is C9H16N4O3S. The highest BCUT2D eigenvalue weighted by Gasteiger charge is 2.30. The molecule has 2 N–H and O–H groups in total. The van der Waals surface area contributed by atoms with Gasteiger partial charge in [0.05, 0.1) is 12.8 Å². The molecule has 0 atom stereocenters. The number of aliphatic hydroxyl groups is 1. The lowest BCUT2D eigenvalue weighted by Gasteiger charge is -2.31. The van der Waals surface area contributed by atoms with Gasteiger partial charge in [-0.2, -0.15) is 9.40 Å². The van der Waals surface area contributed by atoms with E-state index in [0.717, 1.165) is 0 Å². The zero-order chi connectivity index (χ0) is 12.5. The van der Waals surface area contributed by atoms with Crippen LogP contribution in [0, 0.1) is 0 Å². The van der Waals surface area contributed by atoms with Crippen LogP contribution < -0.4 is 0 Å². The third-order valence-corrected chi connectivity index (χ3v) is 4.82. The largest absolute Gasteiger partial charge is 0.392 e. The molecule has 17 heavy (non-hydrogen) atoms. The van der Waals surface area contributed by atoms with Gasteiger partial charge in [-0.15, -0.1) is 0 Å². The molecule has 0 spiro atoms. The zero-order valence-electron chi connectivity index (χ0n) is 9.63. The van der Waals surface area contributed by atoms with Crippen molar-refractivity contribution in [3.63, 3.8) is 0 Å². The van der Waals surface area contributed by atoms with Crippen molar-refractivity contribution < 1.29 is 13.5 Å². The van der Waals surface area contributed by atoms with Crippen molar-refractivity contribution in [2.75, 3.05) is 33.2 Å². The number of nitrogens with one attached hydrogen (secondary N) is 1. The monoisotopic (exact) mass is 260 g/mol. The van der Waals surface area contributed by atoms with Gasteiger partial charge < -0.3 is 10.0 Å². The molecule has 0 saturated carbocycles. The lowest BCUT2D eigenvalue weighted by molar-refractivity contribution is 0.221. The highest BCUT2D eigenvalue weighted by molar-refractivity contribution is 7.89. The Morgan fingerprint density at radius 1 is 1.41 bits per heavy atom. The van der Waals surface area contributed by atoms with Gasteiger partial charge in [0.15, 0.2) is 5.03 Å². The summed E-state index contributed by atoms with van der Waals surface area (Å²) in [5.41, 5.74) is 0.309. The second kappa shape index (κ2) is 4.73. The topological polar surface area (TPSA) is 89.5 Å². The Labute approximate surface area is 100 Å². The summed E-state index contributed by atoms with van der Waals surface area (Å²) in [5.74, 6) is 0. The first-order chi connectivity index (χ1) is 8.05. The van der Waals surface area contributed by atoms with E-state index >= 15 is 0 Å². The van der Waals surface area contributed by atoms with Gasteiger partial charge >= 0.3 is 0 Å². The molecule has 1 fully saturated rings. The van der Waals surface area contributed by atoms with Crippen LogP contribution in [-0.4, -0.2) is 66.2 Å². The first kappa shape index (κ1) is 12.5. The molecule has 7 nitrogen and oxygen atoms in total. The van der Waals surface area contributed by atoms with Crippen LogP contribution in [0.5, 0.6) is 0 Å². The number of rotatable bonds is 3. The molecular weight excluding hydrogens is 244 g/mol. The molecule has 2 rings (SSSR count). The molecule has 1 aliphatic rings. The lowest BCUT2D eigenvalue weighted by Crippen LogP contribution is -2.47. The Balaban J connectivity index is 2.25. The van der Waals surface area contributed by atoms with E-state index < -0.39 is 10.0 Å². The summed E-state index contributed by atoms with van der Waals surface area (Å²) in [5, 5.41) is 15.2. The molecule has 0 radical (unpaired) electrons. The number of likely N-dealkylation sites (N-methyl/N-ethyl adjacent to an activating group) is 1. The van der Waals surface area contributed by atoms with E-state index in [9.17, 15) is 8.42 Å². The number of aliphatic hydroxyl groups excluding tert-OH is 1. The first-order valence-corrected chi connectivity index (χ1v) is 6.81. The van der Waals surface area contributed by atoms with E-state index in [-0.39, 0.29) is 11.6 Å². The quantitative estimate of drug-likeness (QED) is 0.715. The van der Waals surface area contributed by atoms with Crippen LogP contribution in [0.15, 0.2) is 11.2 Å². The summed E-state index contributed by atoms with van der Waals surface area (Å²) >= 11 is 0. The minimum Gasteiger partial charge on any atom is -0.392 e. The second-order valence-electron chi connectivity index (χ2n) is 4.09. The molecule has 0 aromatic carbocycles. The summed E-state index contributed by atoms with van der Waals surface area (Å²) in [4.78, 5) is 2.08. The third-order valence-electron chi connectivity index (χ3n) is 2.91. The minimum absolute atomic E-state index is 0.00422. The van der Waals surface area contributed by atoms with E-state index in [1.54, 1.807) is 0 Å². The smallest absolute Gasteiger partial charge is 0.260 e. The van der Waals surface area contributed by atoms with Crippen LogP contribution in [-0.2, 0) is 16.6 Å². The van der Waals surface area contributed by atoms with Gasteiger partial charge in [0, 0.05) is 31.7 Å². The van der Waals surface area contributed by atoms with Gasteiger partial charge in [0.1, 0.15) is 0 Å². The van der Waals surface area contributed by atoms with Crippen molar-refractivity contribution in [2.45, 2.75) is 11.6 Å². The maximum atomic E-state index is 12.3. The van der Waals surface area contributed by atoms with Crippen LogP contribution in [0.1, 0.15) is 5.56 Å². The number of nitrogens with zero attached hydrogens (tertiary/aromatic N) is 3. The van der Waals surface area contributed by atoms with Crippen LogP contribution >= 0.6 is 0 Å². The fraction of sp³-hybridized carbons (Fsp3) is 0.667. The number of hydrogen-bond acceptors (Lipinski definition) is 5. The lowest BCUT2D eigenvalue weighted by atomic mass is 10.4. The standard InChI is InChI=1S/C9H16N4O3S/c1-12-2-4-13(5-3-12)17(15,16)9-8(7-14)6-10-11-9/h6,14H,2-5,7H2,1H3,(H,10,11). The number of aromatic amines is 1. The predicted molar refractivity (Wildman–Crippen MR) is 60.8 cm³/mol. The van der Waals surface area contributed by atoms with Crippen molar-refractivity contribution in [3.05, 3.63) is 11.8 Å². The molecule has 0 bridgehead atoms. The fourth-order valence-electron chi connectivity index (χ4n) is 1.79. The van der Waals surface area contributed by atoms with Crippen molar-refractivity contribution in [1.29, 1.82) is 0 Å². The maximum absolute atomic E-state index is 12.3. The molecule has 1 aromatic rings. The van der Waals surface area contributed by atoms with Crippen LogP contribution in [0.4, 0.5) is 0 Å². The molecule has 1 aromatic heterocycles. The Bertz CT molecular complexity index is 476. The summed E-state index contributed by atoms with van der Waals surface area (Å²) in [7, 11) is -1.60. The highest BCUT2D eigenvalue weighted by Crippen LogP contribution is 2.18. The molecule has 96 valence electrons. The number of hydrogen-bond donors (Lipinski definition) is 2. The molecule has 8 heteroatoms. The third kappa shape index (κ3) is 2.34. The average molecular weight is 260 g/mol. The summed E-state index contributed by atoms with van der Waals surface area (Å²) in [6, 6.07) is 0. The van der Waals surface area contributed by atoms with Crippen LogP contribution in [0.3, 0.4) is 0 Å². The first-order valence-electron chi connectivity index (χ1n) is 5.37. The Kier molecular flexibility index (Phi) is 3.48. The van der Waals surface area contributed by atoms with Crippen molar-refractivity contribution in [2.24, 2.45) is 0 Å². The molecule has 2 heterocycles. The van der Waals surface area contributed by atoms with Crippen molar-refractivity contribution in [1.82, 2.24) is 19.4 Å². The summed E-state index contributed by atoms with van der Waals surface area (Å²) < 4.78 is 25.9. The fourth-order valence-corrected chi connectivity index (χ4v) is 3.31. The molecule has 0 amide bonds. The second-order valence-corrected chi connectivity index (χ2v) is 5.96. The van der Waals surface area contributed by atoms with Gasteiger partial charge in [-0.05, 0) is 7.05 Å². The SMILES string of the molecule is CN1CCN(S(=O)(=O)c2[nH]ncc2CO)CC1. The zero-order valence-corrected chi connectivity index (χ0v) is 10.4. The number of aromatic nitrogens is 2. The van der Waals surface area contributed by atoms with E-state index in [1.165, 1.54) is 10.5 Å². The van der Waals surface area contributed by atoms with E-state index in [0.29, 0.717) is 31.7 Å². The number of piperazine rings is 1. The van der Waals surface area contributed by atoms with E-state index in [4.69, 9.17) is 5.11 Å². The van der Waals surface area contributed by atoms with Gasteiger partial charge in [-0.1, -0.05) is 0 Å². The van der Waals surface area contributed by atoms with Crippen LogP contribution in [0.25, 0.3) is 0 Å². The average Bonchev–Trinajstić information content (AvgIpc) is 2.78. The number of H-pyrrole nitrogens is 1. The maximum Gasteiger partial charge on any atom is 0.260 e. The van der Waals surface area contributed by atoms with Crippen LogP contribution in [0.2, 0.25) is 0 Å². The Hall–Kier alpha value is -0.960. The summed E-state index contributed by atoms with van der Waals surface area (Å²) in [6.07, 6.45) is 1.34. The predicted octanol–water partition coefficient (Wildman–Crippen LogP) is -1.16. The Morgan fingerprint density at radius 2 is 2.06 bits per heavy atom. The molecule has 0 aliphatic carbocycles. The minimum atomic E-state index is -3.56. The van der Waals surface area contributed by atoms with Crippen molar-refractivity contribution in [3.8, 4) is 0 Å². The van der Waals surface area contributed by atoms with E-state index in [2.05, 4.69) is 15.1 Å². The highest BCUT2D eigenvalue weighted by atomic mass is 32.2. The normalized spacial score (nSPS) is 19.6. The van der Waals surface area contributed by atoms with Crippen molar-refractivity contribution >= 4 is 10.0 Å². The number of sulfonamides is 1. The summed E-state index contributed by atoms with van der Waals surface area (Å²) in [6.45, 7) is 2.01. The van der Waals surface area contributed by atoms with Gasteiger partial charge in [-0.25, -0.2) is 8.42 Å². The molecule has 1 aliphatic heterocycles. The molecule has 1 saturated heterocycles. The van der Waals surface area contributed by atoms with Gasteiger partial charge in [0.2, 0.25) is 0 Å². The van der Waals surface area contributed by atoms with E-state index in [1.807, 2.05) is 7.05 Å². The van der Waals surface area contributed by atoms with Gasteiger partial charge in [0.25, 0.3) is 10.0 Å². The molecule has 0 unspecified atom stereocenters. The van der Waals surface area contributed by atoms with Gasteiger partial charge in [-0.3, -0.25) is 5.10 Å². The Morgan fingerprint density at radius 3 is 2.65 bits per heavy atom.